The molecule has 0 amide bonds. The van der Waals surface area contributed by atoms with Gasteiger partial charge in [-0.1, -0.05) is 6.92 Å². The van der Waals surface area contributed by atoms with Crippen molar-refractivity contribution >= 4 is 11.5 Å². The van der Waals surface area contributed by atoms with Gasteiger partial charge in [0.05, 0.1) is 11.9 Å². The Labute approximate surface area is 109 Å². The van der Waals surface area contributed by atoms with E-state index >= 15 is 0 Å². The molecule has 4 heteroatoms. The number of Topliss-reactive ketones (excluding diaryl/α,β-unsaturated/α-hetero) is 1. The smallest absolute Gasteiger partial charge is 0.180 e. The fourth-order valence-electron chi connectivity index (χ4n) is 2.20. The first-order valence-corrected chi connectivity index (χ1v) is 6.56. The number of pyridine rings is 1. The number of carbonyl (C=O) groups excluding carboxylic acids is 1. The molecule has 1 saturated heterocycles. The van der Waals surface area contributed by atoms with Crippen molar-refractivity contribution < 1.29 is 4.79 Å². The number of piperazine rings is 1. The van der Waals surface area contributed by atoms with Crippen LogP contribution in [0.2, 0.25) is 0 Å². The predicted molar refractivity (Wildman–Crippen MR) is 73.2 cm³/mol. The molecule has 1 aromatic rings. The summed E-state index contributed by atoms with van der Waals surface area (Å²) in [5, 5.41) is 0. The van der Waals surface area contributed by atoms with Crippen LogP contribution in [0.15, 0.2) is 18.3 Å². The summed E-state index contributed by atoms with van der Waals surface area (Å²) in [4.78, 5) is 20.5. The SMILES string of the molecule is CCC(=O)c1ccc(N2CCN(C)C(C)C2)cn1. The summed E-state index contributed by atoms with van der Waals surface area (Å²) < 4.78 is 0. The molecular formula is C14H21N3O. The highest BCUT2D eigenvalue weighted by Crippen LogP contribution is 2.18. The number of anilines is 1. The molecule has 0 saturated carbocycles. The fraction of sp³-hybridized carbons (Fsp3) is 0.571. The quantitative estimate of drug-likeness (QED) is 0.763. The van der Waals surface area contributed by atoms with Crippen LogP contribution in [0, 0.1) is 0 Å². The van der Waals surface area contributed by atoms with Crippen molar-refractivity contribution in [3.8, 4) is 0 Å². The minimum atomic E-state index is 0.105. The lowest BCUT2D eigenvalue weighted by atomic mass is 10.1. The molecule has 1 aromatic heterocycles. The van der Waals surface area contributed by atoms with Crippen molar-refractivity contribution in [1.29, 1.82) is 0 Å². The molecule has 0 radical (unpaired) electrons. The molecule has 18 heavy (non-hydrogen) atoms. The van der Waals surface area contributed by atoms with Crippen LogP contribution in [0.4, 0.5) is 5.69 Å². The Balaban J connectivity index is 2.08. The molecule has 1 fully saturated rings. The van der Waals surface area contributed by atoms with Crippen molar-refractivity contribution in [2.24, 2.45) is 0 Å². The standard InChI is InChI=1S/C14H21N3O/c1-4-14(18)13-6-5-12(9-15-13)17-8-7-16(3)11(2)10-17/h5-6,9,11H,4,7-8,10H2,1-3H3. The number of rotatable bonds is 3. The van der Waals surface area contributed by atoms with Gasteiger partial charge in [-0.3, -0.25) is 9.78 Å². The molecule has 4 nitrogen and oxygen atoms in total. The fourth-order valence-corrected chi connectivity index (χ4v) is 2.20. The molecule has 1 unspecified atom stereocenters. The molecule has 0 spiro atoms. The Morgan fingerprint density at radius 2 is 2.22 bits per heavy atom. The minimum Gasteiger partial charge on any atom is -0.367 e. The first-order valence-electron chi connectivity index (χ1n) is 6.56. The Hall–Kier alpha value is -1.42. The summed E-state index contributed by atoms with van der Waals surface area (Å²) >= 11 is 0. The molecule has 1 atom stereocenters. The predicted octanol–water partition coefficient (Wildman–Crippen LogP) is 1.81. The molecule has 0 aromatic carbocycles. The monoisotopic (exact) mass is 247 g/mol. The molecule has 0 bridgehead atoms. The number of aromatic nitrogens is 1. The van der Waals surface area contributed by atoms with E-state index in [1.807, 2.05) is 25.3 Å². The van der Waals surface area contributed by atoms with Gasteiger partial charge in [-0.25, -0.2) is 0 Å². The molecular weight excluding hydrogens is 226 g/mol. The van der Waals surface area contributed by atoms with E-state index < -0.39 is 0 Å². The Bertz CT molecular complexity index is 416. The number of ketones is 1. The van der Waals surface area contributed by atoms with Crippen LogP contribution < -0.4 is 4.90 Å². The van der Waals surface area contributed by atoms with E-state index in [1.165, 1.54) is 0 Å². The summed E-state index contributed by atoms with van der Waals surface area (Å²) in [7, 11) is 2.16. The molecule has 2 heterocycles. The highest BCUT2D eigenvalue weighted by atomic mass is 16.1. The van der Waals surface area contributed by atoms with Gasteiger partial charge in [-0.2, -0.15) is 0 Å². The van der Waals surface area contributed by atoms with Crippen LogP contribution in [-0.2, 0) is 0 Å². The maximum absolute atomic E-state index is 11.5. The summed E-state index contributed by atoms with van der Waals surface area (Å²) in [6, 6.07) is 4.40. The van der Waals surface area contributed by atoms with E-state index in [0.717, 1.165) is 25.3 Å². The van der Waals surface area contributed by atoms with Gasteiger partial charge in [0, 0.05) is 32.1 Å². The van der Waals surface area contributed by atoms with Crippen LogP contribution >= 0.6 is 0 Å². The lowest BCUT2D eigenvalue weighted by Gasteiger charge is -2.38. The van der Waals surface area contributed by atoms with Gasteiger partial charge in [0.25, 0.3) is 0 Å². The van der Waals surface area contributed by atoms with Gasteiger partial charge in [0.15, 0.2) is 5.78 Å². The van der Waals surface area contributed by atoms with Gasteiger partial charge in [0.1, 0.15) is 5.69 Å². The summed E-state index contributed by atoms with van der Waals surface area (Å²) in [5.41, 5.74) is 1.69. The summed E-state index contributed by atoms with van der Waals surface area (Å²) in [6.45, 7) is 7.19. The minimum absolute atomic E-state index is 0.105. The second kappa shape index (κ2) is 5.48. The van der Waals surface area contributed by atoms with Gasteiger partial charge < -0.3 is 9.80 Å². The molecule has 98 valence electrons. The maximum atomic E-state index is 11.5. The zero-order valence-corrected chi connectivity index (χ0v) is 11.4. The molecule has 0 aliphatic carbocycles. The van der Waals surface area contributed by atoms with Crippen LogP contribution in [0.3, 0.4) is 0 Å². The largest absolute Gasteiger partial charge is 0.367 e. The number of nitrogens with zero attached hydrogens (tertiary/aromatic N) is 3. The highest BCUT2D eigenvalue weighted by molar-refractivity contribution is 5.94. The third-order valence-electron chi connectivity index (χ3n) is 3.68. The third-order valence-corrected chi connectivity index (χ3v) is 3.68. The van der Waals surface area contributed by atoms with E-state index in [1.54, 1.807) is 0 Å². The Morgan fingerprint density at radius 1 is 1.44 bits per heavy atom. The van der Waals surface area contributed by atoms with Crippen LogP contribution in [0.1, 0.15) is 30.8 Å². The highest BCUT2D eigenvalue weighted by Gasteiger charge is 2.21. The van der Waals surface area contributed by atoms with Crippen molar-refractivity contribution in [1.82, 2.24) is 9.88 Å². The second-order valence-corrected chi connectivity index (χ2v) is 4.95. The van der Waals surface area contributed by atoms with E-state index in [4.69, 9.17) is 0 Å². The van der Waals surface area contributed by atoms with E-state index in [2.05, 4.69) is 28.8 Å². The maximum Gasteiger partial charge on any atom is 0.180 e. The normalized spacial score (nSPS) is 21.1. The second-order valence-electron chi connectivity index (χ2n) is 4.95. The molecule has 0 N–H and O–H groups in total. The average molecular weight is 247 g/mol. The van der Waals surface area contributed by atoms with Crippen molar-refractivity contribution in [2.75, 3.05) is 31.6 Å². The first-order chi connectivity index (χ1) is 8.61. The van der Waals surface area contributed by atoms with E-state index in [0.29, 0.717) is 18.2 Å². The zero-order chi connectivity index (χ0) is 13.1. The molecule has 1 aliphatic rings. The third kappa shape index (κ3) is 2.70. The summed E-state index contributed by atoms with van der Waals surface area (Å²) in [6.07, 6.45) is 2.33. The number of hydrogen-bond donors (Lipinski definition) is 0. The van der Waals surface area contributed by atoms with Crippen LogP contribution in [0.5, 0.6) is 0 Å². The zero-order valence-electron chi connectivity index (χ0n) is 11.4. The number of hydrogen-bond acceptors (Lipinski definition) is 4. The van der Waals surface area contributed by atoms with Gasteiger partial charge in [-0.15, -0.1) is 0 Å². The van der Waals surface area contributed by atoms with Gasteiger partial charge >= 0.3 is 0 Å². The van der Waals surface area contributed by atoms with Crippen LogP contribution in [-0.4, -0.2) is 48.4 Å². The Morgan fingerprint density at radius 3 is 2.78 bits per heavy atom. The molecule has 1 aliphatic heterocycles. The Kier molecular flexibility index (Phi) is 3.97. The topological polar surface area (TPSA) is 36.4 Å². The van der Waals surface area contributed by atoms with Gasteiger partial charge in [-0.05, 0) is 26.1 Å². The van der Waals surface area contributed by atoms with Crippen molar-refractivity contribution in [3.63, 3.8) is 0 Å². The van der Waals surface area contributed by atoms with E-state index in [9.17, 15) is 4.79 Å². The first kappa shape index (κ1) is 13.0. The summed E-state index contributed by atoms with van der Waals surface area (Å²) in [5.74, 6) is 0.105. The van der Waals surface area contributed by atoms with Crippen LogP contribution in [0.25, 0.3) is 0 Å². The van der Waals surface area contributed by atoms with E-state index in [-0.39, 0.29) is 5.78 Å². The number of likely N-dealkylation sites (N-methyl/N-ethyl adjacent to an activating group) is 1. The molecule has 2 rings (SSSR count). The van der Waals surface area contributed by atoms with Gasteiger partial charge in [0.2, 0.25) is 0 Å². The number of carbonyl (C=O) groups is 1. The lowest BCUT2D eigenvalue weighted by molar-refractivity contribution is 0.0983. The lowest BCUT2D eigenvalue weighted by Crippen LogP contribution is -2.50. The van der Waals surface area contributed by atoms with Crippen molar-refractivity contribution in [2.45, 2.75) is 26.3 Å². The average Bonchev–Trinajstić information content (AvgIpc) is 2.41. The van der Waals surface area contributed by atoms with Crippen molar-refractivity contribution in [3.05, 3.63) is 24.0 Å².